The van der Waals surface area contributed by atoms with E-state index in [0.717, 1.165) is 23.5 Å². The van der Waals surface area contributed by atoms with Gasteiger partial charge in [0.1, 0.15) is 152 Å². The first-order valence-corrected chi connectivity index (χ1v) is 31.1. The highest BCUT2D eigenvalue weighted by atomic mass is 32.2. The lowest BCUT2D eigenvalue weighted by molar-refractivity contribution is -0.383. The summed E-state index contributed by atoms with van der Waals surface area (Å²) < 4.78 is 71.1. The molecule has 516 valence electrons. The smallest absolute Gasteiger partial charge is 0.321 e. The maximum atomic E-state index is 11.8. The van der Waals surface area contributed by atoms with E-state index in [4.69, 9.17) is 68.3 Å². The molecule has 0 aromatic heterocycles. The minimum Gasteiger partial charge on any atom is -0.480 e. The van der Waals surface area contributed by atoms with E-state index < -0.39 is 278 Å². The van der Waals surface area contributed by atoms with Crippen LogP contribution in [-0.4, -0.2) is 390 Å². The highest BCUT2D eigenvalue weighted by Crippen LogP contribution is 2.42. The second-order valence-electron chi connectivity index (χ2n) is 23.2. The normalized spacial score (nSPS) is 50.1. The molecule has 19 aliphatic heterocycles. The third-order valence-corrected chi connectivity index (χ3v) is 19.7. The Morgan fingerprint density at radius 2 is 0.584 bits per heavy atom. The second kappa shape index (κ2) is 31.9. The summed E-state index contributed by atoms with van der Waals surface area (Å²) in [6, 6.07) is -2.85. The number of hydrogen-bond donors (Lipinski definition) is 23. The highest BCUT2D eigenvalue weighted by molar-refractivity contribution is 7.99. The fraction of sp³-hybridized carbons (Fsp3) is 0.960. The van der Waals surface area contributed by atoms with Crippen LogP contribution in [0.5, 0.6) is 0 Å². The van der Waals surface area contributed by atoms with Crippen LogP contribution >= 0.6 is 23.5 Å². The number of hydrogen-bond acceptors (Lipinski definition) is 37. The summed E-state index contributed by atoms with van der Waals surface area (Å²) >= 11 is 1.76. The monoisotopic (exact) mass is 1340 g/mol. The molecule has 19 heterocycles. The average Bonchev–Trinajstić information content (AvgIpc) is 0.884. The van der Waals surface area contributed by atoms with Crippen molar-refractivity contribution in [2.45, 2.75) is 227 Å². The average molecular weight is 1340 g/mol. The maximum Gasteiger partial charge on any atom is 0.321 e. The van der Waals surface area contributed by atoms with Crippen molar-refractivity contribution in [2.24, 2.45) is 23.3 Å². The van der Waals surface area contributed by atoms with Crippen molar-refractivity contribution in [1.29, 1.82) is 0 Å². The van der Waals surface area contributed by atoms with Gasteiger partial charge in [0.15, 0.2) is 31.5 Å². The van der Waals surface area contributed by atoms with Crippen LogP contribution in [0.1, 0.15) is 12.8 Å². The third kappa shape index (κ3) is 15.9. The standard InChI is InChI=1S/C50H84N2O35S2/c51-14(44(72)73)9-88-8-13-2-17-24(59)26(61)38(13)84-46-34(69)29(64)41(20(6-56)80-46)85-47-32(67)27(62)39(18(4-54)78-47)76-16-1-12(3-53)37(25(60)23(16)58)83-50-36(71)31(66)43(22(82-50)11-89-10-15(52)45(74)75)87-49-35(70)30(65)42(21(7-57)81-49)86-48-33(68)28(63)40(77-17)19(5-55)79-48/h12-43,46-50,53-71H,1-11,51-52H2,(H,72,73)(H,74,75)/t12?,13?,14-,15-,16+,17+,18?,19?,20?,21?,22?,23?,24?,25-,26-,27?,28?,29-,30?,31?,32+,33+,34?,35+,36+,37-,38-,39-,40-,41-,42-,43-,46-,47-,48+,49+,50+/m1/s1. The summed E-state index contributed by atoms with van der Waals surface area (Å²) in [5.41, 5.74) is 11.5. The van der Waals surface area contributed by atoms with Crippen molar-refractivity contribution in [3.63, 3.8) is 0 Å². The van der Waals surface area contributed by atoms with Gasteiger partial charge in [-0.25, -0.2) is 0 Å². The van der Waals surface area contributed by atoms with Crippen LogP contribution in [0.4, 0.5) is 0 Å². The van der Waals surface area contributed by atoms with E-state index in [2.05, 4.69) is 0 Å². The molecule has 0 aromatic rings. The summed E-state index contributed by atoms with van der Waals surface area (Å²) in [6.45, 7) is -5.00. The molecule has 14 bridgehead atoms. The van der Waals surface area contributed by atoms with Crippen molar-refractivity contribution in [3.8, 4) is 0 Å². The molecule has 21 fully saturated rings. The molecule has 39 heteroatoms. The molecule has 0 aromatic carbocycles. The van der Waals surface area contributed by atoms with Crippen LogP contribution in [0.25, 0.3) is 0 Å². The summed E-state index contributed by atoms with van der Waals surface area (Å²) in [7, 11) is 0. The summed E-state index contributed by atoms with van der Waals surface area (Å²) in [5.74, 6) is -6.16. The lowest BCUT2D eigenvalue weighted by Gasteiger charge is -2.50. The first kappa shape index (κ1) is 73.1. The lowest BCUT2D eigenvalue weighted by Crippen LogP contribution is -2.67. The number of aliphatic hydroxyl groups excluding tert-OH is 19. The molecule has 0 amide bonds. The van der Waals surface area contributed by atoms with E-state index in [1.54, 1.807) is 0 Å². The zero-order valence-corrected chi connectivity index (χ0v) is 48.9. The van der Waals surface area contributed by atoms with Gasteiger partial charge >= 0.3 is 11.9 Å². The molecule has 0 radical (unpaired) electrons. The number of thioether (sulfide) groups is 2. The highest BCUT2D eigenvalue weighted by Gasteiger charge is 2.59. The van der Waals surface area contributed by atoms with Crippen LogP contribution in [0, 0.1) is 11.8 Å². The Bertz CT molecular complexity index is 2200. The van der Waals surface area contributed by atoms with Gasteiger partial charge in [-0.3, -0.25) is 9.59 Å². The molecule has 19 saturated heterocycles. The molecule has 37 nitrogen and oxygen atoms in total. The SMILES string of the molecule is N[C@H](CSCC1O[C@H]2O[C@@H]3C(CO)C[C@H](O[C@@H]4C(CO)O[C@H](O[C@@H]5C(CO)O[C@H](O[C@@H]6C(CSC[C@@H](N)C(=O)O)C[C@H](O[C@@H]7C(CO)O[C@@H](O[C@@H]8C(CO)O[C@@H](O[C@H]1C(O)[C@@H]2O)[C@@H](O)C8O)[C@@H](O)C7O)C(O)[C@H]6O)C(O)[C@H]5O)[C@@H](O)C4O)C(O)[C@H]3O)C(=O)O. The minimum atomic E-state index is -2.23. The molecular formula is C50H84N2O35S2. The Morgan fingerprint density at radius 1 is 0.326 bits per heavy atom. The fourth-order valence-corrected chi connectivity index (χ4v) is 14.4. The maximum absolute atomic E-state index is 11.8. The topological polar surface area (TPSA) is 622 Å². The Kier molecular flexibility index (Phi) is 26.2. The Morgan fingerprint density at radius 3 is 0.899 bits per heavy atom. The lowest BCUT2D eigenvalue weighted by atomic mass is 9.80. The first-order chi connectivity index (χ1) is 42.2. The van der Waals surface area contributed by atoms with Crippen LogP contribution < -0.4 is 11.5 Å². The van der Waals surface area contributed by atoms with Gasteiger partial charge in [-0.2, -0.15) is 23.5 Å². The molecule has 21 aliphatic rings. The van der Waals surface area contributed by atoms with E-state index in [-0.39, 0.29) is 29.4 Å². The molecule has 37 atom stereocenters. The van der Waals surface area contributed by atoms with Crippen molar-refractivity contribution in [2.75, 3.05) is 56.0 Å². The quantitative estimate of drug-likeness (QED) is 0.0724. The van der Waals surface area contributed by atoms with Crippen LogP contribution in [0.15, 0.2) is 0 Å². The van der Waals surface area contributed by atoms with Gasteiger partial charge in [-0.15, -0.1) is 0 Å². The fourth-order valence-electron chi connectivity index (χ4n) is 12.2. The van der Waals surface area contributed by atoms with Gasteiger partial charge in [0.25, 0.3) is 0 Å². The van der Waals surface area contributed by atoms with Gasteiger partial charge < -0.3 is 176 Å². The van der Waals surface area contributed by atoms with Gasteiger partial charge in [-0.05, 0) is 24.5 Å². The first-order valence-electron chi connectivity index (χ1n) is 28.7. The number of rotatable bonds is 15. The molecule has 21 rings (SSSR count). The minimum absolute atomic E-state index is 0.162. The van der Waals surface area contributed by atoms with E-state index in [9.17, 15) is 117 Å². The van der Waals surface area contributed by atoms with E-state index in [0.29, 0.717) is 0 Å². The van der Waals surface area contributed by atoms with Crippen molar-refractivity contribution < 1.29 is 174 Å². The zero-order chi connectivity index (χ0) is 65.2. The zero-order valence-electron chi connectivity index (χ0n) is 47.2. The Balaban J connectivity index is 1.11. The van der Waals surface area contributed by atoms with E-state index in [1.165, 1.54) is 0 Å². The Labute approximate surface area is 514 Å². The molecular weight excluding hydrogens is 1250 g/mol. The number of carboxylic acid groups (broad SMARTS) is 2. The van der Waals surface area contributed by atoms with Crippen LogP contribution in [-0.2, 0) is 66.4 Å². The summed E-state index contributed by atoms with van der Waals surface area (Å²) in [6.07, 6.45) is -65.0. The second-order valence-corrected chi connectivity index (χ2v) is 25.4. The number of carboxylic acids is 2. The molecule has 25 N–H and O–H groups in total. The number of nitrogens with two attached hydrogens (primary N) is 2. The predicted molar refractivity (Wildman–Crippen MR) is 287 cm³/mol. The van der Waals surface area contributed by atoms with Gasteiger partial charge in [0.2, 0.25) is 0 Å². The summed E-state index contributed by atoms with van der Waals surface area (Å²) in [4.78, 5) is 23.3. The molecule has 89 heavy (non-hydrogen) atoms. The van der Waals surface area contributed by atoms with Gasteiger partial charge in [-0.1, -0.05) is 0 Å². The molecule has 0 spiro atoms. The Hall–Kier alpha value is -1.68. The molecule has 2 aliphatic carbocycles. The third-order valence-electron chi connectivity index (χ3n) is 17.3. The van der Waals surface area contributed by atoms with E-state index >= 15 is 0 Å². The van der Waals surface area contributed by atoms with Gasteiger partial charge in [0.05, 0.1) is 56.9 Å². The van der Waals surface area contributed by atoms with Crippen molar-refractivity contribution in [3.05, 3.63) is 0 Å². The van der Waals surface area contributed by atoms with Gasteiger partial charge in [0, 0.05) is 29.8 Å². The van der Waals surface area contributed by atoms with Crippen LogP contribution in [0.2, 0.25) is 0 Å². The van der Waals surface area contributed by atoms with Crippen LogP contribution in [0.3, 0.4) is 0 Å². The molecule has 14 unspecified atom stereocenters. The number of carbonyl (C=O) groups is 2. The number of aliphatic carboxylic acids is 2. The summed E-state index contributed by atoms with van der Waals surface area (Å²) in [5, 5.41) is 234. The number of aliphatic hydroxyl groups is 19. The largest absolute Gasteiger partial charge is 0.480 e. The predicted octanol–water partition coefficient (Wildman–Crippen LogP) is -13.6. The molecule has 2 saturated carbocycles. The number of ether oxygens (including phenoxy) is 12. The van der Waals surface area contributed by atoms with E-state index in [1.807, 2.05) is 0 Å². The van der Waals surface area contributed by atoms with Crippen molar-refractivity contribution >= 4 is 35.5 Å². The van der Waals surface area contributed by atoms with Crippen molar-refractivity contribution in [1.82, 2.24) is 0 Å².